The molecule has 2 heterocycles. The predicted octanol–water partition coefficient (Wildman–Crippen LogP) is 1.46. The van der Waals surface area contributed by atoms with Crippen molar-refractivity contribution >= 4 is 21.6 Å². The van der Waals surface area contributed by atoms with Crippen LogP contribution in [0.15, 0.2) is 35.7 Å². The smallest absolute Gasteiger partial charge is 0.262 e. The highest BCUT2D eigenvalue weighted by Crippen LogP contribution is 2.26. The van der Waals surface area contributed by atoms with Crippen LogP contribution in [0.3, 0.4) is 0 Å². The third kappa shape index (κ3) is 4.50. The maximum atomic E-state index is 13.0. The molecule has 1 aromatic carbocycles. The zero-order valence-corrected chi connectivity index (χ0v) is 18.8. The summed E-state index contributed by atoms with van der Waals surface area (Å²) in [5.74, 6) is 0.565. The Morgan fingerprint density at radius 3 is 2.50 bits per heavy atom. The summed E-state index contributed by atoms with van der Waals surface area (Å²) < 4.78 is 34.5. The summed E-state index contributed by atoms with van der Waals surface area (Å²) in [6.45, 7) is 6.70. The van der Waals surface area contributed by atoms with Crippen LogP contribution >= 0.6 is 0 Å². The number of nitrogens with one attached hydrogen (secondary N) is 1. The molecule has 1 fully saturated rings. The van der Waals surface area contributed by atoms with Crippen molar-refractivity contribution in [2.24, 2.45) is 7.05 Å². The maximum Gasteiger partial charge on any atom is 0.262 e. The number of anilines is 1. The lowest BCUT2D eigenvalue weighted by molar-refractivity contribution is -0.118. The van der Waals surface area contributed by atoms with Gasteiger partial charge in [0.15, 0.2) is 5.03 Å². The highest BCUT2D eigenvalue weighted by Gasteiger charge is 2.39. The van der Waals surface area contributed by atoms with Crippen LogP contribution in [0.25, 0.3) is 0 Å². The Balaban J connectivity index is 1.66. The van der Waals surface area contributed by atoms with Gasteiger partial charge in [0.05, 0.1) is 20.0 Å². The molecule has 1 aliphatic rings. The lowest BCUT2D eigenvalue weighted by Crippen LogP contribution is -2.59. The van der Waals surface area contributed by atoms with Gasteiger partial charge < -0.3 is 14.6 Å². The number of carbonyl (C=O) groups excluding carboxylic acids is 1. The van der Waals surface area contributed by atoms with Crippen molar-refractivity contribution in [2.75, 3.05) is 32.1 Å². The fraction of sp³-hybridized carbons (Fsp3) is 0.500. The Kier molecular flexibility index (Phi) is 6.49. The van der Waals surface area contributed by atoms with Crippen LogP contribution in [0.1, 0.15) is 19.4 Å². The molecular formula is C20H29N5O4S. The van der Waals surface area contributed by atoms with Gasteiger partial charge in [0, 0.05) is 49.7 Å². The molecule has 30 heavy (non-hydrogen) atoms. The number of amides is 1. The van der Waals surface area contributed by atoms with E-state index in [2.05, 4.69) is 10.3 Å². The van der Waals surface area contributed by atoms with Gasteiger partial charge in [-0.1, -0.05) is 6.07 Å². The molecule has 10 heteroatoms. The van der Waals surface area contributed by atoms with Gasteiger partial charge in [-0.2, -0.15) is 4.31 Å². The molecule has 1 saturated heterocycles. The number of sulfonamides is 1. The minimum absolute atomic E-state index is 0.0448. The van der Waals surface area contributed by atoms with E-state index in [0.717, 1.165) is 5.56 Å². The van der Waals surface area contributed by atoms with E-state index in [1.54, 1.807) is 18.7 Å². The zero-order chi connectivity index (χ0) is 22.1. The highest BCUT2D eigenvalue weighted by atomic mass is 32.2. The SMILES string of the molecule is COc1cccc(NC(=O)CN2CC(C)N(S(=O)(=O)c3cn(C)cn3)C(C)C2)c1C. The second kappa shape index (κ2) is 8.75. The third-order valence-corrected chi connectivity index (χ3v) is 7.30. The van der Waals surface area contributed by atoms with E-state index >= 15 is 0 Å². The van der Waals surface area contributed by atoms with Crippen molar-refractivity contribution in [3.63, 3.8) is 0 Å². The number of carbonyl (C=O) groups is 1. The molecule has 1 aliphatic heterocycles. The number of imidazole rings is 1. The minimum Gasteiger partial charge on any atom is -0.496 e. The molecule has 1 aromatic heterocycles. The van der Waals surface area contributed by atoms with E-state index in [9.17, 15) is 13.2 Å². The molecule has 0 radical (unpaired) electrons. The van der Waals surface area contributed by atoms with Gasteiger partial charge >= 0.3 is 0 Å². The molecule has 1 amide bonds. The van der Waals surface area contributed by atoms with Crippen LogP contribution in [0, 0.1) is 6.92 Å². The first kappa shape index (κ1) is 22.3. The quantitative estimate of drug-likeness (QED) is 0.738. The highest BCUT2D eigenvalue weighted by molar-refractivity contribution is 7.89. The molecule has 0 saturated carbocycles. The molecule has 0 bridgehead atoms. The van der Waals surface area contributed by atoms with Crippen LogP contribution in [-0.4, -0.2) is 71.9 Å². The van der Waals surface area contributed by atoms with E-state index in [1.165, 1.54) is 16.8 Å². The van der Waals surface area contributed by atoms with Gasteiger partial charge in [-0.05, 0) is 32.9 Å². The molecule has 2 unspecified atom stereocenters. The number of hydrogen-bond acceptors (Lipinski definition) is 6. The van der Waals surface area contributed by atoms with Crippen LogP contribution in [0.2, 0.25) is 0 Å². The summed E-state index contributed by atoms with van der Waals surface area (Å²) in [4.78, 5) is 18.6. The Labute approximate surface area is 177 Å². The first-order valence-corrected chi connectivity index (χ1v) is 11.2. The number of ether oxygens (including phenoxy) is 1. The van der Waals surface area contributed by atoms with Gasteiger partial charge in [-0.15, -0.1) is 0 Å². The fourth-order valence-electron chi connectivity index (χ4n) is 4.01. The maximum absolute atomic E-state index is 13.0. The molecule has 9 nitrogen and oxygen atoms in total. The number of benzene rings is 1. The van der Waals surface area contributed by atoms with E-state index in [-0.39, 0.29) is 29.6 Å². The third-order valence-electron chi connectivity index (χ3n) is 5.28. The second-order valence-corrected chi connectivity index (χ2v) is 9.58. The summed E-state index contributed by atoms with van der Waals surface area (Å²) in [6.07, 6.45) is 2.98. The lowest BCUT2D eigenvalue weighted by Gasteiger charge is -2.42. The molecule has 2 atom stereocenters. The summed E-state index contributed by atoms with van der Waals surface area (Å²) >= 11 is 0. The Morgan fingerprint density at radius 1 is 1.27 bits per heavy atom. The van der Waals surface area contributed by atoms with Gasteiger partial charge in [-0.3, -0.25) is 9.69 Å². The van der Waals surface area contributed by atoms with Gasteiger partial charge in [0.25, 0.3) is 10.0 Å². The average molecular weight is 436 g/mol. The minimum atomic E-state index is -3.69. The number of aryl methyl sites for hydroxylation is 1. The van der Waals surface area contributed by atoms with Crippen molar-refractivity contribution < 1.29 is 17.9 Å². The van der Waals surface area contributed by atoms with E-state index in [4.69, 9.17) is 4.74 Å². The standard InChI is InChI=1S/C20H29N5O4S/c1-14-9-24(11-19(26)22-17-7-6-8-18(29-5)16(17)3)10-15(2)25(14)30(27,28)20-12-23(4)13-21-20/h6-8,12-15H,9-11H2,1-5H3,(H,22,26). The summed E-state index contributed by atoms with van der Waals surface area (Å²) in [6, 6.07) is 4.93. The van der Waals surface area contributed by atoms with Crippen molar-refractivity contribution in [1.82, 2.24) is 18.8 Å². The summed E-state index contributed by atoms with van der Waals surface area (Å²) in [5.41, 5.74) is 1.57. The van der Waals surface area contributed by atoms with Crippen LogP contribution in [0.5, 0.6) is 5.75 Å². The van der Waals surface area contributed by atoms with Crippen LogP contribution in [0.4, 0.5) is 5.69 Å². The van der Waals surface area contributed by atoms with E-state index in [0.29, 0.717) is 24.5 Å². The van der Waals surface area contributed by atoms with Crippen molar-refractivity contribution in [3.05, 3.63) is 36.3 Å². The Hall–Kier alpha value is -2.43. The number of piperazine rings is 1. The monoisotopic (exact) mass is 435 g/mol. The number of nitrogens with zero attached hydrogens (tertiary/aromatic N) is 4. The van der Waals surface area contributed by atoms with Crippen molar-refractivity contribution in [3.8, 4) is 5.75 Å². The molecular weight excluding hydrogens is 406 g/mol. The second-order valence-electron chi connectivity index (χ2n) is 7.79. The summed E-state index contributed by atoms with van der Waals surface area (Å²) in [7, 11) is -0.365. The predicted molar refractivity (Wildman–Crippen MR) is 114 cm³/mol. The number of hydrogen-bond donors (Lipinski definition) is 1. The zero-order valence-electron chi connectivity index (χ0n) is 18.0. The Morgan fingerprint density at radius 2 is 1.93 bits per heavy atom. The van der Waals surface area contributed by atoms with E-state index < -0.39 is 10.0 Å². The molecule has 3 rings (SSSR count). The topological polar surface area (TPSA) is 96.8 Å². The van der Waals surface area contributed by atoms with Crippen molar-refractivity contribution in [1.29, 1.82) is 0 Å². The lowest BCUT2D eigenvalue weighted by atomic mass is 10.1. The fourth-order valence-corrected chi connectivity index (χ4v) is 5.79. The largest absolute Gasteiger partial charge is 0.496 e. The average Bonchev–Trinajstić information content (AvgIpc) is 3.10. The number of aromatic nitrogens is 2. The van der Waals surface area contributed by atoms with E-state index in [1.807, 2.05) is 43.9 Å². The first-order valence-electron chi connectivity index (χ1n) is 9.80. The van der Waals surface area contributed by atoms with Gasteiger partial charge in [0.1, 0.15) is 5.75 Å². The van der Waals surface area contributed by atoms with Crippen LogP contribution in [-0.2, 0) is 21.9 Å². The van der Waals surface area contributed by atoms with Gasteiger partial charge in [-0.25, -0.2) is 13.4 Å². The number of rotatable bonds is 6. The van der Waals surface area contributed by atoms with Crippen LogP contribution < -0.4 is 10.1 Å². The normalized spacial score (nSPS) is 20.8. The molecule has 1 N–H and O–H groups in total. The Bertz CT molecular complexity index is 1010. The molecule has 2 aromatic rings. The number of methoxy groups -OCH3 is 1. The molecule has 0 spiro atoms. The first-order chi connectivity index (χ1) is 14.1. The molecule has 0 aliphatic carbocycles. The molecule has 164 valence electrons. The van der Waals surface area contributed by atoms with Crippen molar-refractivity contribution in [2.45, 2.75) is 37.9 Å². The summed E-state index contributed by atoms with van der Waals surface area (Å²) in [5, 5.41) is 2.97. The van der Waals surface area contributed by atoms with Gasteiger partial charge in [0.2, 0.25) is 5.91 Å².